The minimum absolute atomic E-state index is 0.286. The number of benzene rings is 1. The number of oxazole rings is 1. The van der Waals surface area contributed by atoms with E-state index in [-0.39, 0.29) is 11.8 Å². The van der Waals surface area contributed by atoms with Crippen LogP contribution in [0.25, 0.3) is 11.1 Å². The molecule has 2 amide bonds. The zero-order chi connectivity index (χ0) is 18.1. The van der Waals surface area contributed by atoms with Gasteiger partial charge >= 0.3 is 11.8 Å². The van der Waals surface area contributed by atoms with Gasteiger partial charge in [0, 0.05) is 36.1 Å². The minimum Gasteiger partial charge on any atom is -0.408 e. The van der Waals surface area contributed by atoms with Gasteiger partial charge in [-0.3, -0.25) is 4.57 Å². The summed E-state index contributed by atoms with van der Waals surface area (Å²) in [5, 5.41) is 6.69. The molecule has 0 spiro atoms. The molecule has 7 nitrogen and oxygen atoms in total. The van der Waals surface area contributed by atoms with Crippen LogP contribution in [0.3, 0.4) is 0 Å². The molecule has 0 saturated carbocycles. The lowest BCUT2D eigenvalue weighted by Crippen LogP contribution is -2.30. The molecule has 1 aliphatic rings. The molecule has 8 heteroatoms. The number of aromatic nitrogens is 2. The van der Waals surface area contributed by atoms with Gasteiger partial charge in [0.2, 0.25) is 0 Å². The van der Waals surface area contributed by atoms with Gasteiger partial charge in [-0.15, -0.1) is 11.3 Å². The van der Waals surface area contributed by atoms with E-state index in [1.807, 2.05) is 6.92 Å². The normalized spacial score (nSPS) is 13.1. The first-order valence-electron chi connectivity index (χ1n) is 8.79. The molecule has 0 unspecified atom stereocenters. The second-order valence-electron chi connectivity index (χ2n) is 6.26. The van der Waals surface area contributed by atoms with Gasteiger partial charge in [0.05, 0.1) is 16.2 Å². The summed E-state index contributed by atoms with van der Waals surface area (Å²) in [5.74, 6) is -0.389. The van der Waals surface area contributed by atoms with Gasteiger partial charge in [0.15, 0.2) is 5.58 Å². The number of carbonyl (C=O) groups is 1. The number of aryl methyl sites for hydroxylation is 3. The van der Waals surface area contributed by atoms with Crippen LogP contribution in [0.1, 0.15) is 28.9 Å². The molecule has 0 aliphatic heterocycles. The Morgan fingerprint density at radius 1 is 1.38 bits per heavy atom. The Morgan fingerprint density at radius 3 is 3.08 bits per heavy atom. The highest BCUT2D eigenvalue weighted by Gasteiger charge is 2.16. The second kappa shape index (κ2) is 6.95. The molecule has 1 aromatic carbocycles. The first kappa shape index (κ1) is 16.8. The molecular weight excluding hydrogens is 352 g/mol. The number of anilines is 1. The molecule has 4 rings (SSSR count). The van der Waals surface area contributed by atoms with E-state index in [4.69, 9.17) is 4.42 Å². The maximum Gasteiger partial charge on any atom is 0.419 e. The van der Waals surface area contributed by atoms with Gasteiger partial charge < -0.3 is 15.1 Å². The highest BCUT2D eigenvalue weighted by molar-refractivity contribution is 7.11. The molecule has 2 aromatic heterocycles. The second-order valence-corrected chi connectivity index (χ2v) is 7.42. The minimum atomic E-state index is -0.389. The molecule has 26 heavy (non-hydrogen) atoms. The Bertz CT molecular complexity index is 996. The van der Waals surface area contributed by atoms with Gasteiger partial charge in [-0.05, 0) is 38.3 Å². The number of amides is 2. The van der Waals surface area contributed by atoms with Gasteiger partial charge in [-0.1, -0.05) is 0 Å². The molecular formula is C18H20N4O3S. The van der Waals surface area contributed by atoms with Crippen molar-refractivity contribution in [2.75, 3.05) is 11.9 Å². The fourth-order valence-corrected chi connectivity index (χ4v) is 4.41. The van der Waals surface area contributed by atoms with Crippen molar-refractivity contribution in [2.24, 2.45) is 0 Å². The summed E-state index contributed by atoms with van der Waals surface area (Å²) in [4.78, 5) is 29.8. The number of rotatable bonds is 5. The summed E-state index contributed by atoms with van der Waals surface area (Å²) in [6.45, 7) is 2.95. The zero-order valence-corrected chi connectivity index (χ0v) is 15.3. The summed E-state index contributed by atoms with van der Waals surface area (Å²) < 4.78 is 6.76. The lowest BCUT2D eigenvalue weighted by molar-refractivity contribution is 0.252. The van der Waals surface area contributed by atoms with E-state index in [0.29, 0.717) is 24.4 Å². The third-order valence-electron chi connectivity index (χ3n) is 4.51. The van der Waals surface area contributed by atoms with Crippen molar-refractivity contribution >= 4 is 34.2 Å². The summed E-state index contributed by atoms with van der Waals surface area (Å²) in [6.07, 6.45) is 4.16. The lowest BCUT2D eigenvalue weighted by atomic mass is 10.3. The third-order valence-corrected chi connectivity index (χ3v) is 5.72. The van der Waals surface area contributed by atoms with Crippen LogP contribution in [0.15, 0.2) is 27.4 Å². The van der Waals surface area contributed by atoms with E-state index in [9.17, 15) is 9.59 Å². The van der Waals surface area contributed by atoms with E-state index < -0.39 is 0 Å². The molecule has 0 atom stereocenters. The molecule has 136 valence electrons. The van der Waals surface area contributed by atoms with E-state index >= 15 is 0 Å². The number of carbonyl (C=O) groups excluding carboxylic acids is 1. The van der Waals surface area contributed by atoms with Crippen LogP contribution < -0.4 is 16.4 Å². The van der Waals surface area contributed by atoms with Crippen LogP contribution in [0.4, 0.5) is 10.5 Å². The Morgan fingerprint density at radius 2 is 2.27 bits per heavy atom. The molecule has 0 radical (unpaired) electrons. The van der Waals surface area contributed by atoms with E-state index in [1.54, 1.807) is 34.1 Å². The number of hydrogen-bond acceptors (Lipinski definition) is 5. The molecule has 2 N–H and O–H groups in total. The number of thiazole rings is 1. The number of hydrogen-bond donors (Lipinski definition) is 2. The molecule has 0 saturated heterocycles. The first-order chi connectivity index (χ1) is 12.6. The maximum atomic E-state index is 12.1. The Hall–Kier alpha value is -2.61. The topological polar surface area (TPSA) is 89.2 Å². The molecule has 1 aliphatic carbocycles. The molecule has 0 fully saturated rings. The van der Waals surface area contributed by atoms with Crippen molar-refractivity contribution in [3.63, 3.8) is 0 Å². The highest BCUT2D eigenvalue weighted by atomic mass is 32.1. The summed E-state index contributed by atoms with van der Waals surface area (Å²) in [7, 11) is 0. The van der Waals surface area contributed by atoms with Gasteiger partial charge in [-0.25, -0.2) is 14.6 Å². The summed E-state index contributed by atoms with van der Waals surface area (Å²) in [5.41, 5.74) is 3.01. The molecule has 2 heterocycles. The largest absolute Gasteiger partial charge is 0.419 e. The van der Waals surface area contributed by atoms with Crippen LogP contribution in [-0.2, 0) is 25.8 Å². The fraction of sp³-hybridized carbons (Fsp3) is 0.389. The average Bonchev–Trinajstić information content (AvgIpc) is 3.26. The Labute approximate surface area is 154 Å². The SMILES string of the molecule is CCn1c(=O)oc2cc(NC(=O)NCCc3nc4c(s3)CCC4)ccc21. The Balaban J connectivity index is 1.34. The van der Waals surface area contributed by atoms with Crippen molar-refractivity contribution in [1.82, 2.24) is 14.9 Å². The van der Waals surface area contributed by atoms with E-state index in [0.717, 1.165) is 29.8 Å². The van der Waals surface area contributed by atoms with Crippen molar-refractivity contribution < 1.29 is 9.21 Å². The molecule has 3 aromatic rings. The van der Waals surface area contributed by atoms with E-state index in [1.165, 1.54) is 17.0 Å². The van der Waals surface area contributed by atoms with Crippen LogP contribution >= 0.6 is 11.3 Å². The number of fused-ring (bicyclic) bond motifs is 2. The Kier molecular flexibility index (Phi) is 4.50. The van der Waals surface area contributed by atoms with E-state index in [2.05, 4.69) is 15.6 Å². The zero-order valence-electron chi connectivity index (χ0n) is 14.5. The summed E-state index contributed by atoms with van der Waals surface area (Å²) >= 11 is 1.76. The van der Waals surface area contributed by atoms with Crippen LogP contribution in [0, 0.1) is 0 Å². The third kappa shape index (κ3) is 3.24. The van der Waals surface area contributed by atoms with Gasteiger partial charge in [0.1, 0.15) is 0 Å². The maximum absolute atomic E-state index is 12.1. The fourth-order valence-electron chi connectivity index (χ4n) is 3.25. The summed E-state index contributed by atoms with van der Waals surface area (Å²) in [6, 6.07) is 4.91. The predicted octanol–water partition coefficient (Wildman–Crippen LogP) is 2.92. The quantitative estimate of drug-likeness (QED) is 0.721. The van der Waals surface area contributed by atoms with Gasteiger partial charge in [0.25, 0.3) is 0 Å². The van der Waals surface area contributed by atoms with Crippen molar-refractivity contribution in [3.05, 3.63) is 44.3 Å². The smallest absolute Gasteiger partial charge is 0.408 e. The van der Waals surface area contributed by atoms with Crippen molar-refractivity contribution in [3.8, 4) is 0 Å². The number of urea groups is 1. The first-order valence-corrected chi connectivity index (χ1v) is 9.61. The monoisotopic (exact) mass is 372 g/mol. The highest BCUT2D eigenvalue weighted by Crippen LogP contribution is 2.27. The standard InChI is InChI=1S/C18H20N4O3S/c1-2-22-13-7-6-11(10-14(13)25-18(22)24)20-17(23)19-9-8-16-21-12-4-3-5-15(12)26-16/h6-7,10H,2-5,8-9H2,1H3,(H2,19,20,23). The lowest BCUT2D eigenvalue weighted by Gasteiger charge is -2.07. The van der Waals surface area contributed by atoms with Gasteiger partial charge in [-0.2, -0.15) is 0 Å². The number of nitrogens with one attached hydrogen (secondary N) is 2. The average molecular weight is 372 g/mol. The van der Waals surface area contributed by atoms with Crippen molar-refractivity contribution in [2.45, 2.75) is 39.2 Å². The number of nitrogens with zero attached hydrogens (tertiary/aromatic N) is 2. The van der Waals surface area contributed by atoms with Crippen LogP contribution in [-0.4, -0.2) is 22.1 Å². The van der Waals surface area contributed by atoms with Crippen LogP contribution in [0.5, 0.6) is 0 Å². The van der Waals surface area contributed by atoms with Crippen molar-refractivity contribution in [1.29, 1.82) is 0 Å². The van der Waals surface area contributed by atoms with Crippen LogP contribution in [0.2, 0.25) is 0 Å². The molecule has 0 bridgehead atoms. The predicted molar refractivity (Wildman–Crippen MR) is 101 cm³/mol.